The Balaban J connectivity index is -0.0000000573. The third kappa shape index (κ3) is 53.6. The zero-order valence-corrected chi connectivity index (χ0v) is 10.2. The van der Waals surface area contributed by atoms with Crippen LogP contribution in [0, 0.1) is 0 Å². The lowest BCUT2D eigenvalue weighted by molar-refractivity contribution is -0.120. The molecule has 0 fully saturated rings. The summed E-state index contributed by atoms with van der Waals surface area (Å²) in [6, 6.07) is 0. The standard InChI is InChI=1S/C5H11NO.2C2H6.C2H4/c1-3-5(7)6-4-2;3*1-2/h3-4H2,1-2H3,(H,6,7);2*1-2H3;1-2H2. The highest BCUT2D eigenvalue weighted by Gasteiger charge is 1.88. The van der Waals surface area contributed by atoms with Crippen molar-refractivity contribution in [2.75, 3.05) is 6.54 Å². The number of hydrogen-bond acceptors (Lipinski definition) is 1. The molecule has 0 aromatic heterocycles. The number of rotatable bonds is 2. The van der Waals surface area contributed by atoms with Gasteiger partial charge in [0.1, 0.15) is 0 Å². The minimum absolute atomic E-state index is 0.127. The van der Waals surface area contributed by atoms with Gasteiger partial charge in [-0.25, -0.2) is 0 Å². The molecule has 2 nitrogen and oxygen atoms in total. The molecule has 82 valence electrons. The van der Waals surface area contributed by atoms with Gasteiger partial charge in [0.05, 0.1) is 0 Å². The summed E-state index contributed by atoms with van der Waals surface area (Å²) in [5, 5.41) is 2.66. The van der Waals surface area contributed by atoms with E-state index in [0.717, 1.165) is 6.54 Å². The SMILES string of the molecule is C=C.CC.CC.CCNC(=O)CC. The van der Waals surface area contributed by atoms with E-state index < -0.39 is 0 Å². The summed E-state index contributed by atoms with van der Waals surface area (Å²) in [4.78, 5) is 10.3. The fourth-order valence-corrected chi connectivity index (χ4v) is 0.322. The molecule has 0 bridgehead atoms. The van der Waals surface area contributed by atoms with Crippen molar-refractivity contribution in [1.82, 2.24) is 5.32 Å². The summed E-state index contributed by atoms with van der Waals surface area (Å²) in [6.45, 7) is 18.5. The molecule has 0 spiro atoms. The lowest BCUT2D eigenvalue weighted by Crippen LogP contribution is -2.20. The normalized spacial score (nSPS) is 5.69. The lowest BCUT2D eigenvalue weighted by atomic mass is 10.4. The van der Waals surface area contributed by atoms with E-state index in [-0.39, 0.29) is 5.91 Å². The zero-order chi connectivity index (χ0) is 11.7. The monoisotopic (exact) mass is 189 g/mol. The van der Waals surface area contributed by atoms with E-state index in [2.05, 4.69) is 18.5 Å². The third-order valence-electron chi connectivity index (χ3n) is 0.695. The first-order chi connectivity index (χ1) is 6.31. The summed E-state index contributed by atoms with van der Waals surface area (Å²) in [5.74, 6) is 0.127. The Kier molecular flexibility index (Phi) is 75.4. The van der Waals surface area contributed by atoms with Crippen molar-refractivity contribution < 1.29 is 4.79 Å². The molecular weight excluding hydrogens is 162 g/mol. The lowest BCUT2D eigenvalue weighted by Gasteiger charge is -1.93. The van der Waals surface area contributed by atoms with Gasteiger partial charge in [0, 0.05) is 13.0 Å². The fourth-order valence-electron chi connectivity index (χ4n) is 0.322. The maximum Gasteiger partial charge on any atom is 0.219 e. The average Bonchev–Trinajstić information content (AvgIpc) is 2.27. The summed E-state index contributed by atoms with van der Waals surface area (Å²) in [5.41, 5.74) is 0. The van der Waals surface area contributed by atoms with E-state index in [1.54, 1.807) is 0 Å². The van der Waals surface area contributed by atoms with Gasteiger partial charge in [-0.05, 0) is 6.92 Å². The molecular formula is C11H27NO. The van der Waals surface area contributed by atoms with Crippen molar-refractivity contribution in [3.05, 3.63) is 13.2 Å². The van der Waals surface area contributed by atoms with Crippen molar-refractivity contribution >= 4 is 5.91 Å². The molecule has 0 aromatic rings. The van der Waals surface area contributed by atoms with Crippen LogP contribution in [0.2, 0.25) is 0 Å². The molecule has 0 aliphatic heterocycles. The number of hydrogen-bond donors (Lipinski definition) is 1. The summed E-state index contributed by atoms with van der Waals surface area (Å²) in [6.07, 6.45) is 0.591. The molecule has 0 unspecified atom stereocenters. The van der Waals surface area contributed by atoms with E-state index in [1.165, 1.54) is 0 Å². The quantitative estimate of drug-likeness (QED) is 0.663. The van der Waals surface area contributed by atoms with Crippen LogP contribution in [0.15, 0.2) is 13.2 Å². The Labute approximate surface area is 84.4 Å². The van der Waals surface area contributed by atoms with E-state index in [9.17, 15) is 4.79 Å². The smallest absolute Gasteiger partial charge is 0.219 e. The number of nitrogens with one attached hydrogen (secondary N) is 1. The van der Waals surface area contributed by atoms with Crippen LogP contribution in [0.4, 0.5) is 0 Å². The van der Waals surface area contributed by atoms with E-state index >= 15 is 0 Å². The zero-order valence-electron chi connectivity index (χ0n) is 10.2. The van der Waals surface area contributed by atoms with Crippen molar-refractivity contribution in [3.8, 4) is 0 Å². The molecule has 0 aliphatic carbocycles. The first kappa shape index (κ1) is 22.8. The second kappa shape index (κ2) is 43.1. The van der Waals surface area contributed by atoms with Gasteiger partial charge in [0.2, 0.25) is 5.91 Å². The van der Waals surface area contributed by atoms with Gasteiger partial charge >= 0.3 is 0 Å². The van der Waals surface area contributed by atoms with Gasteiger partial charge < -0.3 is 5.32 Å². The van der Waals surface area contributed by atoms with Crippen LogP contribution < -0.4 is 5.32 Å². The summed E-state index contributed by atoms with van der Waals surface area (Å²) < 4.78 is 0. The number of carbonyl (C=O) groups excluding carboxylic acids is 1. The van der Waals surface area contributed by atoms with Crippen LogP contribution in [0.3, 0.4) is 0 Å². The second-order valence-corrected chi connectivity index (χ2v) is 1.31. The molecule has 1 amide bonds. The largest absolute Gasteiger partial charge is 0.356 e. The minimum Gasteiger partial charge on any atom is -0.356 e. The van der Waals surface area contributed by atoms with Gasteiger partial charge in [-0.3, -0.25) is 4.79 Å². The average molecular weight is 189 g/mol. The Bertz CT molecular complexity index is 72.5. The van der Waals surface area contributed by atoms with Crippen LogP contribution in [0.5, 0.6) is 0 Å². The minimum atomic E-state index is 0.127. The highest BCUT2D eigenvalue weighted by atomic mass is 16.1. The van der Waals surface area contributed by atoms with Crippen LogP contribution in [0.25, 0.3) is 0 Å². The Morgan fingerprint density at radius 1 is 1.08 bits per heavy atom. The van der Waals surface area contributed by atoms with Crippen LogP contribution in [-0.2, 0) is 4.79 Å². The maximum atomic E-state index is 10.3. The molecule has 2 heteroatoms. The predicted octanol–water partition coefficient (Wildman–Crippen LogP) is 3.39. The molecule has 0 saturated carbocycles. The molecule has 0 aromatic carbocycles. The first-order valence-electron chi connectivity index (χ1n) is 5.08. The second-order valence-electron chi connectivity index (χ2n) is 1.31. The Hall–Kier alpha value is -0.790. The van der Waals surface area contributed by atoms with Crippen molar-refractivity contribution in [1.29, 1.82) is 0 Å². The van der Waals surface area contributed by atoms with Gasteiger partial charge in [0.15, 0.2) is 0 Å². The molecule has 0 aliphatic rings. The highest BCUT2D eigenvalue weighted by molar-refractivity contribution is 5.75. The molecule has 1 N–H and O–H groups in total. The van der Waals surface area contributed by atoms with Crippen LogP contribution >= 0.6 is 0 Å². The predicted molar refractivity (Wildman–Crippen MR) is 62.9 cm³/mol. The van der Waals surface area contributed by atoms with E-state index in [1.807, 2.05) is 41.5 Å². The van der Waals surface area contributed by atoms with Crippen molar-refractivity contribution in [2.24, 2.45) is 0 Å². The van der Waals surface area contributed by atoms with Gasteiger partial charge in [-0.2, -0.15) is 0 Å². The Morgan fingerprint density at radius 2 is 1.38 bits per heavy atom. The number of amides is 1. The third-order valence-corrected chi connectivity index (χ3v) is 0.695. The molecule has 0 atom stereocenters. The van der Waals surface area contributed by atoms with Gasteiger partial charge in [-0.15, -0.1) is 13.2 Å². The molecule has 0 heterocycles. The highest BCUT2D eigenvalue weighted by Crippen LogP contribution is 1.70. The Morgan fingerprint density at radius 3 is 1.46 bits per heavy atom. The molecule has 13 heavy (non-hydrogen) atoms. The van der Waals surface area contributed by atoms with E-state index in [4.69, 9.17) is 0 Å². The van der Waals surface area contributed by atoms with E-state index in [0.29, 0.717) is 6.42 Å². The topological polar surface area (TPSA) is 29.1 Å². The van der Waals surface area contributed by atoms with Gasteiger partial charge in [0.25, 0.3) is 0 Å². The van der Waals surface area contributed by atoms with Gasteiger partial charge in [-0.1, -0.05) is 34.6 Å². The molecule has 0 radical (unpaired) electrons. The molecule has 0 saturated heterocycles. The van der Waals surface area contributed by atoms with Crippen molar-refractivity contribution in [3.63, 3.8) is 0 Å². The van der Waals surface area contributed by atoms with Crippen molar-refractivity contribution in [2.45, 2.75) is 48.0 Å². The van der Waals surface area contributed by atoms with Crippen LogP contribution in [-0.4, -0.2) is 12.5 Å². The number of carbonyl (C=O) groups is 1. The first-order valence-corrected chi connectivity index (χ1v) is 5.08. The summed E-state index contributed by atoms with van der Waals surface area (Å²) >= 11 is 0. The van der Waals surface area contributed by atoms with Crippen LogP contribution in [0.1, 0.15) is 48.0 Å². The fraction of sp³-hybridized carbons (Fsp3) is 0.727. The maximum absolute atomic E-state index is 10.3. The summed E-state index contributed by atoms with van der Waals surface area (Å²) in [7, 11) is 0. The molecule has 0 rings (SSSR count).